The van der Waals surface area contributed by atoms with E-state index in [2.05, 4.69) is 10.5 Å². The summed E-state index contributed by atoms with van der Waals surface area (Å²) in [5.74, 6) is 0.747. The van der Waals surface area contributed by atoms with Crippen molar-refractivity contribution in [3.8, 4) is 23.0 Å². The minimum absolute atomic E-state index is 0.0725. The minimum Gasteiger partial charge on any atom is -0.507 e. The highest BCUT2D eigenvalue weighted by atomic mass is 16.5. The molecular formula is C17H18N2O5. The first kappa shape index (κ1) is 17.1. The van der Waals surface area contributed by atoms with Gasteiger partial charge in [-0.3, -0.25) is 4.79 Å². The van der Waals surface area contributed by atoms with E-state index in [-0.39, 0.29) is 5.75 Å². The zero-order chi connectivity index (χ0) is 17.5. The second kappa shape index (κ2) is 7.87. The molecule has 0 atom stereocenters. The summed E-state index contributed by atoms with van der Waals surface area (Å²) in [6.45, 7) is 0. The van der Waals surface area contributed by atoms with Gasteiger partial charge in [0.05, 0.1) is 27.5 Å². The fraction of sp³-hybridized carbons (Fsp3) is 0.176. The van der Waals surface area contributed by atoms with Crippen molar-refractivity contribution >= 4 is 12.1 Å². The predicted molar refractivity (Wildman–Crippen MR) is 89.3 cm³/mol. The van der Waals surface area contributed by atoms with Crippen molar-refractivity contribution in [2.45, 2.75) is 0 Å². The van der Waals surface area contributed by atoms with Crippen LogP contribution >= 0.6 is 0 Å². The summed E-state index contributed by atoms with van der Waals surface area (Å²) in [5, 5.41) is 13.5. The third-order valence-corrected chi connectivity index (χ3v) is 3.23. The highest BCUT2D eigenvalue weighted by Gasteiger charge is 2.16. The van der Waals surface area contributed by atoms with Crippen LogP contribution in [0.2, 0.25) is 0 Å². The summed E-state index contributed by atoms with van der Waals surface area (Å²) in [5.41, 5.74) is 3.16. The molecule has 0 saturated heterocycles. The zero-order valence-electron chi connectivity index (χ0n) is 13.6. The molecule has 0 unspecified atom stereocenters. The lowest BCUT2D eigenvalue weighted by atomic mass is 10.1. The number of carbonyl (C=O) groups excluding carboxylic acids is 1. The van der Waals surface area contributed by atoms with Crippen LogP contribution in [0.25, 0.3) is 0 Å². The number of hydrogen-bond acceptors (Lipinski definition) is 6. The van der Waals surface area contributed by atoms with E-state index in [4.69, 9.17) is 14.2 Å². The maximum absolute atomic E-state index is 12.2. The Morgan fingerprint density at radius 3 is 2.25 bits per heavy atom. The third-order valence-electron chi connectivity index (χ3n) is 3.23. The molecule has 0 bridgehead atoms. The lowest BCUT2D eigenvalue weighted by molar-refractivity contribution is 0.0954. The van der Waals surface area contributed by atoms with Gasteiger partial charge in [0.15, 0.2) is 11.5 Å². The second-order valence-electron chi connectivity index (χ2n) is 4.67. The molecule has 0 spiro atoms. The smallest absolute Gasteiger partial charge is 0.271 e. The molecule has 0 fully saturated rings. The van der Waals surface area contributed by atoms with Crippen LogP contribution in [0.1, 0.15) is 15.9 Å². The van der Waals surface area contributed by atoms with Crippen LogP contribution in [0.4, 0.5) is 0 Å². The van der Waals surface area contributed by atoms with Crippen molar-refractivity contribution in [1.29, 1.82) is 0 Å². The Hall–Kier alpha value is -3.22. The summed E-state index contributed by atoms with van der Waals surface area (Å²) < 4.78 is 15.6. The van der Waals surface area contributed by atoms with Crippen molar-refractivity contribution in [2.75, 3.05) is 21.3 Å². The number of aromatic hydroxyl groups is 1. The van der Waals surface area contributed by atoms with Crippen molar-refractivity contribution in [2.24, 2.45) is 5.10 Å². The van der Waals surface area contributed by atoms with E-state index in [0.29, 0.717) is 28.4 Å². The van der Waals surface area contributed by atoms with E-state index in [1.807, 2.05) is 0 Å². The Morgan fingerprint density at radius 1 is 1.08 bits per heavy atom. The number of phenols is 1. The van der Waals surface area contributed by atoms with Gasteiger partial charge in [-0.1, -0.05) is 12.1 Å². The van der Waals surface area contributed by atoms with E-state index in [9.17, 15) is 9.90 Å². The van der Waals surface area contributed by atoms with Crippen LogP contribution in [0.15, 0.2) is 41.5 Å². The highest BCUT2D eigenvalue weighted by molar-refractivity contribution is 5.96. The molecule has 1 amide bonds. The van der Waals surface area contributed by atoms with Gasteiger partial charge in [0, 0.05) is 11.1 Å². The molecule has 0 radical (unpaired) electrons. The lowest BCUT2D eigenvalue weighted by Crippen LogP contribution is -2.18. The Balaban J connectivity index is 2.19. The molecule has 126 valence electrons. The van der Waals surface area contributed by atoms with Gasteiger partial charge in [0.1, 0.15) is 5.75 Å². The van der Waals surface area contributed by atoms with E-state index < -0.39 is 5.91 Å². The third kappa shape index (κ3) is 3.75. The molecule has 2 aromatic rings. The van der Waals surface area contributed by atoms with Gasteiger partial charge in [0.25, 0.3) is 5.91 Å². The van der Waals surface area contributed by atoms with Crippen molar-refractivity contribution in [3.63, 3.8) is 0 Å². The number of rotatable bonds is 6. The second-order valence-corrected chi connectivity index (χ2v) is 4.67. The average Bonchev–Trinajstić information content (AvgIpc) is 2.61. The first-order valence-corrected chi connectivity index (χ1v) is 7.02. The van der Waals surface area contributed by atoms with E-state index in [1.165, 1.54) is 45.7 Å². The number of nitrogens with one attached hydrogen (secondary N) is 1. The van der Waals surface area contributed by atoms with Crippen LogP contribution in [0, 0.1) is 0 Å². The molecule has 24 heavy (non-hydrogen) atoms. The molecule has 0 aliphatic carbocycles. The van der Waals surface area contributed by atoms with Gasteiger partial charge < -0.3 is 19.3 Å². The molecule has 0 heterocycles. The number of para-hydroxylation sites is 1. The number of benzene rings is 2. The summed E-state index contributed by atoms with van der Waals surface area (Å²) in [7, 11) is 4.42. The van der Waals surface area contributed by atoms with Gasteiger partial charge in [-0.25, -0.2) is 5.43 Å². The maximum Gasteiger partial charge on any atom is 0.271 e. The summed E-state index contributed by atoms with van der Waals surface area (Å²) in [6, 6.07) is 9.69. The SMILES string of the molecule is COc1cc(C(=O)N/N=C/c2ccccc2O)cc(OC)c1OC. The maximum atomic E-state index is 12.2. The van der Waals surface area contributed by atoms with E-state index >= 15 is 0 Å². The fourth-order valence-corrected chi connectivity index (χ4v) is 2.03. The topological polar surface area (TPSA) is 89.4 Å². The molecule has 7 nitrogen and oxygen atoms in total. The zero-order valence-corrected chi connectivity index (χ0v) is 13.6. The Morgan fingerprint density at radius 2 is 1.71 bits per heavy atom. The lowest BCUT2D eigenvalue weighted by Gasteiger charge is -2.13. The number of phenolic OH excluding ortho intramolecular Hbond substituents is 1. The molecule has 0 aliphatic heterocycles. The monoisotopic (exact) mass is 330 g/mol. The van der Waals surface area contributed by atoms with Gasteiger partial charge in [0.2, 0.25) is 5.75 Å². The van der Waals surface area contributed by atoms with Gasteiger partial charge in [-0.15, -0.1) is 0 Å². The van der Waals surface area contributed by atoms with Crippen LogP contribution < -0.4 is 19.6 Å². The quantitative estimate of drug-likeness (QED) is 0.626. The number of amides is 1. The number of carbonyl (C=O) groups is 1. The summed E-state index contributed by atoms with van der Waals surface area (Å²) in [6.07, 6.45) is 1.35. The molecular weight excluding hydrogens is 312 g/mol. The van der Waals surface area contributed by atoms with Gasteiger partial charge in [-0.2, -0.15) is 5.10 Å². The molecule has 2 N–H and O–H groups in total. The standard InChI is InChI=1S/C17H18N2O5/c1-22-14-8-12(9-15(23-2)16(14)24-3)17(21)19-18-10-11-6-4-5-7-13(11)20/h4-10,20H,1-3H3,(H,19,21)/b18-10+. The molecule has 2 rings (SSSR count). The highest BCUT2D eigenvalue weighted by Crippen LogP contribution is 2.38. The average molecular weight is 330 g/mol. The van der Waals surface area contributed by atoms with Crippen molar-refractivity contribution in [1.82, 2.24) is 5.43 Å². The van der Waals surface area contributed by atoms with Crippen LogP contribution in [-0.4, -0.2) is 38.6 Å². The first-order chi connectivity index (χ1) is 11.6. The Kier molecular flexibility index (Phi) is 5.62. The van der Waals surface area contributed by atoms with E-state index in [0.717, 1.165) is 0 Å². The molecule has 0 aliphatic rings. The summed E-state index contributed by atoms with van der Waals surface area (Å²) in [4.78, 5) is 12.2. The fourth-order valence-electron chi connectivity index (χ4n) is 2.03. The van der Waals surface area contributed by atoms with E-state index in [1.54, 1.807) is 18.2 Å². The number of hydrazone groups is 1. The molecule has 0 aromatic heterocycles. The van der Waals surface area contributed by atoms with Gasteiger partial charge >= 0.3 is 0 Å². The molecule has 7 heteroatoms. The molecule has 2 aromatic carbocycles. The van der Waals surface area contributed by atoms with Crippen LogP contribution in [0.3, 0.4) is 0 Å². The Bertz CT molecular complexity index is 733. The number of ether oxygens (including phenoxy) is 3. The summed E-state index contributed by atoms with van der Waals surface area (Å²) >= 11 is 0. The van der Waals surface area contributed by atoms with Crippen LogP contribution in [-0.2, 0) is 0 Å². The normalized spacial score (nSPS) is 10.5. The predicted octanol–water partition coefficient (Wildman–Crippen LogP) is 2.18. The Labute approximate surface area is 139 Å². The number of nitrogens with zero attached hydrogens (tertiary/aromatic N) is 1. The van der Waals surface area contributed by atoms with Gasteiger partial charge in [-0.05, 0) is 24.3 Å². The number of hydrogen-bond donors (Lipinski definition) is 2. The van der Waals surface area contributed by atoms with Crippen molar-refractivity contribution < 1.29 is 24.1 Å². The first-order valence-electron chi connectivity index (χ1n) is 7.02. The molecule has 0 saturated carbocycles. The number of methoxy groups -OCH3 is 3. The largest absolute Gasteiger partial charge is 0.507 e. The minimum atomic E-state index is -0.457. The van der Waals surface area contributed by atoms with Crippen LogP contribution in [0.5, 0.6) is 23.0 Å². The van der Waals surface area contributed by atoms with Crippen molar-refractivity contribution in [3.05, 3.63) is 47.5 Å².